The molecule has 1 aliphatic heterocycles. The summed E-state index contributed by atoms with van der Waals surface area (Å²) in [5.41, 5.74) is 1.14. The Balaban J connectivity index is 1.47. The number of halogens is 1. The third kappa shape index (κ3) is 4.55. The molecular weight excluding hydrogens is 323 g/mol. The zero-order chi connectivity index (χ0) is 17.5. The van der Waals surface area contributed by atoms with Gasteiger partial charge in [0.1, 0.15) is 12.7 Å². The Hall–Kier alpha value is -1.99. The molecule has 3 rings (SSSR count). The van der Waals surface area contributed by atoms with Crippen LogP contribution in [0.2, 0.25) is 0 Å². The molecule has 1 aliphatic rings. The Kier molecular flexibility index (Phi) is 6.36. The summed E-state index contributed by atoms with van der Waals surface area (Å²) in [5, 5.41) is 7.74. The lowest BCUT2D eigenvalue weighted by atomic mass is 9.92. The van der Waals surface area contributed by atoms with Crippen molar-refractivity contribution in [1.29, 1.82) is 0 Å². The second-order valence-corrected chi connectivity index (χ2v) is 6.11. The van der Waals surface area contributed by atoms with Crippen molar-refractivity contribution >= 4 is 0 Å². The molecular formula is C18H25FN4O2. The number of aromatic nitrogens is 3. The highest BCUT2D eigenvalue weighted by Gasteiger charge is 2.29. The van der Waals surface area contributed by atoms with E-state index in [1.165, 1.54) is 12.3 Å². The van der Waals surface area contributed by atoms with Crippen molar-refractivity contribution in [2.24, 2.45) is 5.92 Å². The van der Waals surface area contributed by atoms with Gasteiger partial charge in [-0.05, 0) is 38.0 Å². The molecule has 0 saturated carbocycles. The van der Waals surface area contributed by atoms with Gasteiger partial charge >= 0.3 is 0 Å². The maximum absolute atomic E-state index is 13.4. The van der Waals surface area contributed by atoms with Crippen molar-refractivity contribution in [3.8, 4) is 5.88 Å². The van der Waals surface area contributed by atoms with Crippen molar-refractivity contribution in [2.45, 2.75) is 32.4 Å². The topological polar surface area (TPSA) is 61.2 Å². The van der Waals surface area contributed by atoms with Gasteiger partial charge in [-0.15, -0.1) is 0 Å². The maximum atomic E-state index is 13.4. The molecule has 1 N–H and O–H groups in total. The number of hydrogen-bond donors (Lipinski definition) is 1. The average Bonchev–Trinajstić information content (AvgIpc) is 3.12. The van der Waals surface area contributed by atoms with Crippen LogP contribution < -0.4 is 10.1 Å². The van der Waals surface area contributed by atoms with E-state index in [1.807, 2.05) is 16.9 Å². The molecule has 0 bridgehead atoms. The first-order valence-electron chi connectivity index (χ1n) is 8.87. The second kappa shape index (κ2) is 8.92. The highest BCUT2D eigenvalue weighted by atomic mass is 19.1. The summed E-state index contributed by atoms with van der Waals surface area (Å²) in [7, 11) is 0. The number of rotatable bonds is 8. The lowest BCUT2D eigenvalue weighted by Gasteiger charge is -2.32. The summed E-state index contributed by atoms with van der Waals surface area (Å²) in [5.74, 6) is 0.00781. The third-order valence-corrected chi connectivity index (χ3v) is 4.43. The summed E-state index contributed by atoms with van der Waals surface area (Å²) in [6.07, 6.45) is 5.60. The van der Waals surface area contributed by atoms with Gasteiger partial charge in [-0.25, -0.2) is 9.37 Å². The Morgan fingerprint density at radius 1 is 1.40 bits per heavy atom. The van der Waals surface area contributed by atoms with Gasteiger partial charge in [-0.2, -0.15) is 5.10 Å². The molecule has 7 heteroatoms. The molecule has 0 aliphatic carbocycles. The zero-order valence-corrected chi connectivity index (χ0v) is 14.5. The van der Waals surface area contributed by atoms with E-state index in [9.17, 15) is 4.39 Å². The smallest absolute Gasteiger partial charge is 0.250 e. The molecule has 0 radical (unpaired) electrons. The summed E-state index contributed by atoms with van der Waals surface area (Å²) in [6.45, 7) is 5.55. The van der Waals surface area contributed by atoms with E-state index in [4.69, 9.17) is 9.47 Å². The van der Waals surface area contributed by atoms with E-state index in [0.29, 0.717) is 19.1 Å². The van der Waals surface area contributed by atoms with E-state index in [2.05, 4.69) is 22.3 Å². The quantitative estimate of drug-likeness (QED) is 0.743. The first-order valence-corrected chi connectivity index (χ1v) is 8.87. The van der Waals surface area contributed by atoms with Crippen LogP contribution in [0.3, 0.4) is 0 Å². The highest BCUT2D eigenvalue weighted by Crippen LogP contribution is 2.33. The van der Waals surface area contributed by atoms with E-state index < -0.39 is 5.82 Å². The van der Waals surface area contributed by atoms with E-state index >= 15 is 0 Å². The normalized spacial score (nSPS) is 20.6. The maximum Gasteiger partial charge on any atom is 0.250 e. The minimum absolute atomic E-state index is 0.0509. The molecule has 25 heavy (non-hydrogen) atoms. The van der Waals surface area contributed by atoms with E-state index in [0.717, 1.165) is 38.2 Å². The van der Waals surface area contributed by atoms with Crippen molar-refractivity contribution in [3.63, 3.8) is 0 Å². The molecule has 136 valence electrons. The lowest BCUT2D eigenvalue weighted by Crippen LogP contribution is -2.34. The van der Waals surface area contributed by atoms with Gasteiger partial charge in [0.2, 0.25) is 5.88 Å². The third-order valence-electron chi connectivity index (χ3n) is 4.43. The number of nitrogens with one attached hydrogen (secondary N) is 1. The Morgan fingerprint density at radius 2 is 2.32 bits per heavy atom. The largest absolute Gasteiger partial charge is 0.474 e. The Morgan fingerprint density at radius 3 is 3.16 bits per heavy atom. The van der Waals surface area contributed by atoms with Crippen molar-refractivity contribution in [2.75, 3.05) is 26.3 Å². The minimum Gasteiger partial charge on any atom is -0.474 e. The van der Waals surface area contributed by atoms with Crippen LogP contribution in [-0.2, 0) is 11.3 Å². The molecule has 6 nitrogen and oxygen atoms in total. The van der Waals surface area contributed by atoms with Crippen LogP contribution in [0.15, 0.2) is 30.6 Å². The van der Waals surface area contributed by atoms with Crippen molar-refractivity contribution < 1.29 is 13.9 Å². The van der Waals surface area contributed by atoms with Gasteiger partial charge in [0.15, 0.2) is 5.82 Å². The van der Waals surface area contributed by atoms with Gasteiger partial charge in [0, 0.05) is 44.6 Å². The summed E-state index contributed by atoms with van der Waals surface area (Å²) in [4.78, 5) is 3.88. The monoisotopic (exact) mass is 348 g/mol. The van der Waals surface area contributed by atoms with Crippen LogP contribution in [0, 0.1) is 11.7 Å². The standard InChI is InChI=1S/C18H25FN4O2/c1-2-23-16(7-9-22-23)17-14(5-4-11-24-17)13-20-10-12-25-18-15(19)6-3-8-21-18/h3,6-9,14,17,20H,2,4-5,10-13H2,1H3/t14-,17+/m0/s1. The van der Waals surface area contributed by atoms with Gasteiger partial charge in [0.05, 0.1) is 5.69 Å². The van der Waals surface area contributed by atoms with Crippen LogP contribution in [0.5, 0.6) is 5.88 Å². The first kappa shape index (κ1) is 17.8. The van der Waals surface area contributed by atoms with Crippen LogP contribution in [0.25, 0.3) is 0 Å². The number of ether oxygens (including phenoxy) is 2. The second-order valence-electron chi connectivity index (χ2n) is 6.11. The fourth-order valence-corrected chi connectivity index (χ4v) is 3.21. The predicted octanol–water partition coefficient (Wildman–Crippen LogP) is 2.57. The number of aryl methyl sites for hydroxylation is 1. The minimum atomic E-state index is -0.434. The van der Waals surface area contributed by atoms with Crippen LogP contribution >= 0.6 is 0 Å². The van der Waals surface area contributed by atoms with Gasteiger partial charge in [-0.3, -0.25) is 4.68 Å². The molecule has 1 fully saturated rings. The summed E-state index contributed by atoms with van der Waals surface area (Å²) >= 11 is 0. The van der Waals surface area contributed by atoms with Gasteiger partial charge < -0.3 is 14.8 Å². The molecule has 1 saturated heterocycles. The van der Waals surface area contributed by atoms with Crippen molar-refractivity contribution in [1.82, 2.24) is 20.1 Å². The summed E-state index contributed by atoms with van der Waals surface area (Å²) < 4.78 is 26.8. The molecule has 0 aromatic carbocycles. The first-order chi connectivity index (χ1) is 12.3. The Labute approximate surface area is 147 Å². The van der Waals surface area contributed by atoms with Crippen LogP contribution in [0.4, 0.5) is 4.39 Å². The Bertz CT molecular complexity index is 664. The number of nitrogens with zero attached hydrogens (tertiary/aromatic N) is 3. The van der Waals surface area contributed by atoms with Crippen LogP contribution in [-0.4, -0.2) is 41.1 Å². The average molecular weight is 348 g/mol. The number of hydrogen-bond acceptors (Lipinski definition) is 5. The fraction of sp³-hybridized carbons (Fsp3) is 0.556. The molecule has 3 heterocycles. The van der Waals surface area contributed by atoms with Crippen molar-refractivity contribution in [3.05, 3.63) is 42.1 Å². The molecule has 0 spiro atoms. The molecule has 2 atom stereocenters. The predicted molar refractivity (Wildman–Crippen MR) is 91.9 cm³/mol. The van der Waals surface area contributed by atoms with Gasteiger partial charge in [-0.1, -0.05) is 0 Å². The fourth-order valence-electron chi connectivity index (χ4n) is 3.21. The van der Waals surface area contributed by atoms with Crippen LogP contribution in [0.1, 0.15) is 31.6 Å². The molecule has 0 unspecified atom stereocenters. The molecule has 0 amide bonds. The summed E-state index contributed by atoms with van der Waals surface area (Å²) in [6, 6.07) is 4.93. The highest BCUT2D eigenvalue weighted by molar-refractivity contribution is 5.12. The SMILES string of the molecule is CCn1nccc1[C@@H]1OCCC[C@H]1CNCCOc1ncccc1F. The zero-order valence-electron chi connectivity index (χ0n) is 14.5. The molecule has 2 aromatic heterocycles. The lowest BCUT2D eigenvalue weighted by molar-refractivity contribution is -0.0327. The number of pyridine rings is 1. The van der Waals surface area contributed by atoms with E-state index in [-0.39, 0.29) is 12.0 Å². The van der Waals surface area contributed by atoms with E-state index in [1.54, 1.807) is 6.07 Å². The van der Waals surface area contributed by atoms with Gasteiger partial charge in [0.25, 0.3) is 0 Å². The molecule has 2 aromatic rings.